The first kappa shape index (κ1) is 15.8. The zero-order chi connectivity index (χ0) is 14.0. The van der Waals surface area contributed by atoms with E-state index in [0.717, 1.165) is 0 Å². The van der Waals surface area contributed by atoms with Crippen LogP contribution in [-0.2, 0) is 4.74 Å². The van der Waals surface area contributed by atoms with E-state index in [9.17, 15) is 18.3 Å². The highest BCUT2D eigenvalue weighted by molar-refractivity contribution is 4.89. The lowest BCUT2D eigenvalue weighted by atomic mass is 9.75. The van der Waals surface area contributed by atoms with Crippen LogP contribution in [0.4, 0.5) is 13.2 Å². The normalized spacial score (nSPS) is 30.5. The van der Waals surface area contributed by atoms with Gasteiger partial charge in [-0.05, 0) is 52.4 Å². The van der Waals surface area contributed by atoms with E-state index in [1.807, 2.05) is 13.8 Å². The summed E-state index contributed by atoms with van der Waals surface area (Å²) in [6.45, 7) is 3.83. The summed E-state index contributed by atoms with van der Waals surface area (Å²) in [6.07, 6.45) is -2.43. The number of halogens is 3. The molecule has 0 atom stereocenters. The van der Waals surface area contributed by atoms with Gasteiger partial charge in [-0.15, -0.1) is 0 Å². The van der Waals surface area contributed by atoms with Gasteiger partial charge in [-0.2, -0.15) is 13.2 Å². The molecule has 0 spiro atoms. The molecule has 1 fully saturated rings. The summed E-state index contributed by atoms with van der Waals surface area (Å²) in [4.78, 5) is 0. The topological polar surface area (TPSA) is 29.5 Å². The van der Waals surface area contributed by atoms with E-state index in [0.29, 0.717) is 12.8 Å². The van der Waals surface area contributed by atoms with Crippen molar-refractivity contribution in [3.05, 3.63) is 0 Å². The van der Waals surface area contributed by atoms with E-state index < -0.39 is 17.7 Å². The van der Waals surface area contributed by atoms with Crippen molar-refractivity contribution >= 4 is 0 Å². The van der Waals surface area contributed by atoms with Crippen LogP contribution in [0.25, 0.3) is 0 Å². The summed E-state index contributed by atoms with van der Waals surface area (Å²) in [5.41, 5.74) is -1.28. The average molecular weight is 268 g/mol. The van der Waals surface area contributed by atoms with Gasteiger partial charge in [0.05, 0.1) is 17.1 Å². The SMILES string of the molecule is COC(C)(C)CCC1(O)CCC(C(F)(F)F)CC1. The molecular weight excluding hydrogens is 245 g/mol. The predicted molar refractivity (Wildman–Crippen MR) is 63.3 cm³/mol. The molecule has 108 valence electrons. The molecule has 5 heteroatoms. The Bertz CT molecular complexity index is 266. The lowest BCUT2D eigenvalue weighted by molar-refractivity contribution is -0.193. The first-order chi connectivity index (χ1) is 8.08. The summed E-state index contributed by atoms with van der Waals surface area (Å²) < 4.78 is 42.8. The number of hydrogen-bond acceptors (Lipinski definition) is 2. The van der Waals surface area contributed by atoms with Crippen LogP contribution in [0, 0.1) is 5.92 Å². The first-order valence-electron chi connectivity index (χ1n) is 6.42. The van der Waals surface area contributed by atoms with Gasteiger partial charge in [-0.3, -0.25) is 0 Å². The summed E-state index contributed by atoms with van der Waals surface area (Å²) in [5, 5.41) is 10.3. The minimum atomic E-state index is -4.12. The molecule has 18 heavy (non-hydrogen) atoms. The second-order valence-corrected chi connectivity index (χ2v) is 6.00. The molecule has 0 aliphatic heterocycles. The number of rotatable bonds is 4. The molecule has 0 amide bonds. The summed E-state index contributed by atoms with van der Waals surface area (Å²) in [5.74, 6) is -1.24. The van der Waals surface area contributed by atoms with Crippen molar-refractivity contribution in [1.82, 2.24) is 0 Å². The quantitative estimate of drug-likeness (QED) is 0.843. The number of hydrogen-bond donors (Lipinski definition) is 1. The van der Waals surface area contributed by atoms with Crippen molar-refractivity contribution in [2.75, 3.05) is 7.11 Å². The molecule has 1 aliphatic rings. The Morgan fingerprint density at radius 3 is 2.11 bits per heavy atom. The van der Waals surface area contributed by atoms with Crippen molar-refractivity contribution in [2.24, 2.45) is 5.92 Å². The highest BCUT2D eigenvalue weighted by atomic mass is 19.4. The summed E-state index contributed by atoms with van der Waals surface area (Å²) >= 11 is 0. The number of aliphatic hydroxyl groups is 1. The van der Waals surface area contributed by atoms with Gasteiger partial charge in [0.1, 0.15) is 0 Å². The lowest BCUT2D eigenvalue weighted by Crippen LogP contribution is -2.39. The Morgan fingerprint density at radius 2 is 1.72 bits per heavy atom. The fourth-order valence-corrected chi connectivity index (χ4v) is 2.37. The van der Waals surface area contributed by atoms with Gasteiger partial charge in [0, 0.05) is 7.11 Å². The third-order valence-corrected chi connectivity index (χ3v) is 4.12. The van der Waals surface area contributed by atoms with E-state index in [1.54, 1.807) is 7.11 Å². The summed E-state index contributed by atoms with van der Waals surface area (Å²) in [7, 11) is 1.60. The van der Waals surface area contributed by atoms with Crippen LogP contribution in [0.2, 0.25) is 0 Å². The largest absolute Gasteiger partial charge is 0.391 e. The number of alkyl halides is 3. The fourth-order valence-electron chi connectivity index (χ4n) is 2.37. The molecule has 0 bridgehead atoms. The van der Waals surface area contributed by atoms with Gasteiger partial charge in [-0.25, -0.2) is 0 Å². The lowest BCUT2D eigenvalue weighted by Gasteiger charge is -2.38. The van der Waals surface area contributed by atoms with Crippen molar-refractivity contribution in [3.8, 4) is 0 Å². The predicted octanol–water partition coefficient (Wildman–Crippen LogP) is 3.68. The van der Waals surface area contributed by atoms with E-state index in [1.165, 1.54) is 0 Å². The Morgan fingerprint density at radius 1 is 1.22 bits per heavy atom. The van der Waals surface area contributed by atoms with E-state index in [-0.39, 0.29) is 31.3 Å². The van der Waals surface area contributed by atoms with Crippen LogP contribution in [0.3, 0.4) is 0 Å². The Kier molecular flexibility index (Phi) is 4.70. The molecule has 1 aliphatic carbocycles. The van der Waals surface area contributed by atoms with Gasteiger partial charge in [-0.1, -0.05) is 0 Å². The molecule has 0 aromatic rings. The molecule has 0 radical (unpaired) electrons. The second kappa shape index (κ2) is 5.37. The Hall–Kier alpha value is -0.290. The van der Waals surface area contributed by atoms with E-state index in [2.05, 4.69) is 0 Å². The van der Waals surface area contributed by atoms with Crippen LogP contribution >= 0.6 is 0 Å². The monoisotopic (exact) mass is 268 g/mol. The van der Waals surface area contributed by atoms with Crippen molar-refractivity contribution in [3.63, 3.8) is 0 Å². The standard InChI is InChI=1S/C13H23F3O2/c1-11(2,18-3)8-9-12(17)6-4-10(5-7-12)13(14,15)16/h10,17H,4-9H2,1-3H3. The van der Waals surface area contributed by atoms with Crippen LogP contribution in [0.15, 0.2) is 0 Å². The average Bonchev–Trinajstić information content (AvgIpc) is 2.26. The van der Waals surface area contributed by atoms with Crippen LogP contribution in [0.1, 0.15) is 52.4 Å². The Labute approximate surface area is 107 Å². The zero-order valence-corrected chi connectivity index (χ0v) is 11.3. The van der Waals surface area contributed by atoms with E-state index in [4.69, 9.17) is 4.74 Å². The van der Waals surface area contributed by atoms with Gasteiger partial charge in [0.25, 0.3) is 0 Å². The highest BCUT2D eigenvalue weighted by Gasteiger charge is 2.45. The maximum absolute atomic E-state index is 12.5. The molecule has 0 unspecified atom stereocenters. The molecule has 0 heterocycles. The maximum atomic E-state index is 12.5. The van der Waals surface area contributed by atoms with Crippen molar-refractivity contribution in [1.29, 1.82) is 0 Å². The Balaban J connectivity index is 2.45. The molecular formula is C13H23F3O2. The minimum Gasteiger partial charge on any atom is -0.390 e. The second-order valence-electron chi connectivity index (χ2n) is 6.00. The third kappa shape index (κ3) is 4.43. The molecule has 0 aromatic carbocycles. The van der Waals surface area contributed by atoms with Crippen molar-refractivity contribution < 1.29 is 23.0 Å². The van der Waals surface area contributed by atoms with Gasteiger partial charge in [0.2, 0.25) is 0 Å². The van der Waals surface area contributed by atoms with Crippen LogP contribution in [0.5, 0.6) is 0 Å². The minimum absolute atomic E-state index is 0.0351. The molecule has 0 aromatic heterocycles. The summed E-state index contributed by atoms with van der Waals surface area (Å²) in [6, 6.07) is 0. The van der Waals surface area contributed by atoms with Gasteiger partial charge >= 0.3 is 6.18 Å². The van der Waals surface area contributed by atoms with Crippen molar-refractivity contribution in [2.45, 2.75) is 69.8 Å². The van der Waals surface area contributed by atoms with Crippen LogP contribution < -0.4 is 0 Å². The zero-order valence-electron chi connectivity index (χ0n) is 11.3. The molecule has 0 saturated heterocycles. The molecule has 2 nitrogen and oxygen atoms in total. The molecule has 1 rings (SSSR count). The van der Waals surface area contributed by atoms with Crippen LogP contribution in [-0.4, -0.2) is 29.6 Å². The first-order valence-corrected chi connectivity index (χ1v) is 6.42. The third-order valence-electron chi connectivity index (χ3n) is 4.12. The number of methoxy groups -OCH3 is 1. The molecule has 1 N–H and O–H groups in total. The number of ether oxygens (including phenoxy) is 1. The highest BCUT2D eigenvalue weighted by Crippen LogP contribution is 2.43. The fraction of sp³-hybridized carbons (Fsp3) is 1.00. The van der Waals surface area contributed by atoms with Gasteiger partial charge < -0.3 is 9.84 Å². The van der Waals surface area contributed by atoms with Gasteiger partial charge in [0.15, 0.2) is 0 Å². The molecule has 1 saturated carbocycles. The maximum Gasteiger partial charge on any atom is 0.391 e. The smallest absolute Gasteiger partial charge is 0.390 e. The van der Waals surface area contributed by atoms with E-state index >= 15 is 0 Å².